The van der Waals surface area contributed by atoms with E-state index in [0.717, 1.165) is 6.07 Å². The number of hydrogen-bond acceptors (Lipinski definition) is 1. The lowest BCUT2D eigenvalue weighted by Crippen LogP contribution is -2.68. The molecule has 0 saturated heterocycles. The molecule has 0 spiro atoms. The first-order chi connectivity index (χ1) is 7.47. The molecule has 0 aliphatic heterocycles. The highest BCUT2D eigenvalue weighted by atomic mass is 19.1. The summed E-state index contributed by atoms with van der Waals surface area (Å²) < 4.78 is 26.3. The van der Waals surface area contributed by atoms with Crippen molar-refractivity contribution in [1.29, 1.82) is 0 Å². The van der Waals surface area contributed by atoms with E-state index in [1.54, 1.807) is 0 Å². The zero-order chi connectivity index (χ0) is 11.6. The van der Waals surface area contributed by atoms with Gasteiger partial charge >= 0.3 is 5.97 Å². The number of halogens is 2. The van der Waals surface area contributed by atoms with Crippen LogP contribution >= 0.6 is 0 Å². The standard InChI is InChI=1S/C12H10F2O2/c13-7-1-2-8(9(14)3-7)11-4-12(5-11,6-11)10(15)16/h1-3H,4-6H2,(H,15,16). The summed E-state index contributed by atoms with van der Waals surface area (Å²) in [6, 6.07) is 3.53. The van der Waals surface area contributed by atoms with E-state index in [2.05, 4.69) is 0 Å². The maximum Gasteiger partial charge on any atom is 0.309 e. The number of carboxylic acid groups (broad SMARTS) is 1. The van der Waals surface area contributed by atoms with Crippen LogP contribution in [0.15, 0.2) is 18.2 Å². The van der Waals surface area contributed by atoms with Gasteiger partial charge in [0, 0.05) is 11.5 Å². The molecule has 4 rings (SSSR count). The van der Waals surface area contributed by atoms with Gasteiger partial charge < -0.3 is 5.11 Å². The molecule has 4 heteroatoms. The number of benzene rings is 1. The summed E-state index contributed by atoms with van der Waals surface area (Å²) in [4.78, 5) is 10.9. The van der Waals surface area contributed by atoms with Gasteiger partial charge in [-0.3, -0.25) is 4.79 Å². The first-order valence-electron chi connectivity index (χ1n) is 5.17. The van der Waals surface area contributed by atoms with Crippen LogP contribution in [-0.4, -0.2) is 11.1 Å². The second kappa shape index (κ2) is 2.62. The normalized spacial score (nSPS) is 35.1. The highest BCUT2D eigenvalue weighted by molar-refractivity contribution is 5.80. The Morgan fingerprint density at radius 3 is 2.38 bits per heavy atom. The third-order valence-corrected chi connectivity index (χ3v) is 3.99. The van der Waals surface area contributed by atoms with Gasteiger partial charge in [0.15, 0.2) is 0 Å². The van der Waals surface area contributed by atoms with Gasteiger partial charge in [0.05, 0.1) is 5.41 Å². The van der Waals surface area contributed by atoms with Crippen molar-refractivity contribution in [2.24, 2.45) is 5.41 Å². The molecular weight excluding hydrogens is 214 g/mol. The first-order valence-corrected chi connectivity index (χ1v) is 5.17. The summed E-state index contributed by atoms with van der Waals surface area (Å²) in [7, 11) is 0. The number of rotatable bonds is 2. The molecule has 2 bridgehead atoms. The van der Waals surface area contributed by atoms with E-state index in [1.807, 2.05) is 0 Å². The minimum Gasteiger partial charge on any atom is -0.481 e. The maximum absolute atomic E-state index is 13.5. The molecule has 16 heavy (non-hydrogen) atoms. The largest absolute Gasteiger partial charge is 0.481 e. The van der Waals surface area contributed by atoms with Crippen molar-refractivity contribution in [3.8, 4) is 0 Å². The Hall–Kier alpha value is -1.45. The maximum atomic E-state index is 13.5. The van der Waals surface area contributed by atoms with E-state index in [0.29, 0.717) is 24.8 Å². The molecule has 3 saturated carbocycles. The van der Waals surface area contributed by atoms with Crippen molar-refractivity contribution < 1.29 is 18.7 Å². The third kappa shape index (κ3) is 0.970. The van der Waals surface area contributed by atoms with Crippen molar-refractivity contribution in [2.45, 2.75) is 24.7 Å². The monoisotopic (exact) mass is 224 g/mol. The number of carboxylic acids is 1. The van der Waals surface area contributed by atoms with Crippen LogP contribution in [0.1, 0.15) is 24.8 Å². The van der Waals surface area contributed by atoms with Gasteiger partial charge in [-0.05, 0) is 30.9 Å². The zero-order valence-electron chi connectivity index (χ0n) is 8.46. The second-order valence-electron chi connectivity index (χ2n) is 5.02. The average molecular weight is 224 g/mol. The molecule has 0 atom stereocenters. The van der Waals surface area contributed by atoms with Crippen LogP contribution < -0.4 is 0 Å². The molecule has 1 aromatic carbocycles. The molecule has 2 nitrogen and oxygen atoms in total. The molecule has 0 unspecified atom stereocenters. The van der Waals surface area contributed by atoms with Crippen LogP contribution in [0.5, 0.6) is 0 Å². The topological polar surface area (TPSA) is 37.3 Å². The molecule has 0 aromatic heterocycles. The van der Waals surface area contributed by atoms with Crippen molar-refractivity contribution in [3.05, 3.63) is 35.4 Å². The number of carbonyl (C=O) groups is 1. The first kappa shape index (κ1) is 9.75. The van der Waals surface area contributed by atoms with Crippen LogP contribution in [0.4, 0.5) is 8.78 Å². The number of aliphatic carboxylic acids is 1. The molecule has 1 aromatic rings. The summed E-state index contributed by atoms with van der Waals surface area (Å²) >= 11 is 0. The van der Waals surface area contributed by atoms with Crippen molar-refractivity contribution >= 4 is 5.97 Å². The highest BCUT2D eigenvalue weighted by Gasteiger charge is 2.72. The fourth-order valence-corrected chi connectivity index (χ4v) is 3.22. The van der Waals surface area contributed by atoms with Crippen LogP contribution in [0.3, 0.4) is 0 Å². The molecule has 3 aliphatic carbocycles. The molecule has 0 radical (unpaired) electrons. The van der Waals surface area contributed by atoms with E-state index >= 15 is 0 Å². The summed E-state index contributed by atoms with van der Waals surface area (Å²) in [6.07, 6.45) is 1.45. The Morgan fingerprint density at radius 1 is 1.25 bits per heavy atom. The van der Waals surface area contributed by atoms with E-state index in [9.17, 15) is 13.6 Å². The van der Waals surface area contributed by atoms with Crippen LogP contribution in [0.25, 0.3) is 0 Å². The lowest BCUT2D eigenvalue weighted by atomic mass is 9.33. The summed E-state index contributed by atoms with van der Waals surface area (Å²) in [5, 5.41) is 8.95. The lowest BCUT2D eigenvalue weighted by molar-refractivity contribution is -0.195. The Bertz CT molecular complexity index is 476. The minimum absolute atomic E-state index is 0.337. The van der Waals surface area contributed by atoms with Gasteiger partial charge in [0.25, 0.3) is 0 Å². The van der Waals surface area contributed by atoms with E-state index in [-0.39, 0.29) is 5.41 Å². The molecule has 0 amide bonds. The quantitative estimate of drug-likeness (QED) is 0.837. The second-order valence-corrected chi connectivity index (χ2v) is 5.02. The Morgan fingerprint density at radius 2 is 1.88 bits per heavy atom. The third-order valence-electron chi connectivity index (χ3n) is 3.99. The molecule has 1 N–H and O–H groups in total. The van der Waals surface area contributed by atoms with Crippen molar-refractivity contribution in [1.82, 2.24) is 0 Å². The van der Waals surface area contributed by atoms with Gasteiger partial charge in [-0.1, -0.05) is 6.07 Å². The smallest absolute Gasteiger partial charge is 0.309 e. The van der Waals surface area contributed by atoms with E-state index in [1.165, 1.54) is 12.1 Å². The predicted molar refractivity (Wildman–Crippen MR) is 52.0 cm³/mol. The van der Waals surface area contributed by atoms with Crippen LogP contribution in [0, 0.1) is 17.0 Å². The summed E-state index contributed by atoms with van der Waals surface area (Å²) in [5.74, 6) is -1.95. The summed E-state index contributed by atoms with van der Waals surface area (Å²) in [6.45, 7) is 0. The Labute approximate surface area is 90.9 Å². The molecule has 3 aliphatic rings. The molecular formula is C12H10F2O2. The van der Waals surface area contributed by atoms with Crippen molar-refractivity contribution in [2.75, 3.05) is 0 Å². The van der Waals surface area contributed by atoms with Crippen LogP contribution in [0.2, 0.25) is 0 Å². The Balaban J connectivity index is 1.90. The summed E-state index contributed by atoms with van der Waals surface area (Å²) in [5.41, 5.74) is -0.492. The fourth-order valence-electron chi connectivity index (χ4n) is 3.22. The average Bonchev–Trinajstić information content (AvgIpc) is 2.03. The zero-order valence-corrected chi connectivity index (χ0v) is 8.46. The van der Waals surface area contributed by atoms with E-state index in [4.69, 9.17) is 5.11 Å². The lowest BCUT2D eigenvalue weighted by Gasteiger charge is -2.68. The Kier molecular flexibility index (Phi) is 1.60. The number of hydrogen-bond donors (Lipinski definition) is 1. The van der Waals surface area contributed by atoms with Gasteiger partial charge in [-0.2, -0.15) is 0 Å². The van der Waals surface area contributed by atoms with E-state index < -0.39 is 23.0 Å². The van der Waals surface area contributed by atoms with Gasteiger partial charge in [0.1, 0.15) is 11.6 Å². The van der Waals surface area contributed by atoms with Gasteiger partial charge in [-0.25, -0.2) is 8.78 Å². The minimum atomic E-state index is -0.795. The molecule has 84 valence electrons. The fraction of sp³-hybridized carbons (Fsp3) is 0.417. The highest BCUT2D eigenvalue weighted by Crippen LogP contribution is 2.73. The SMILES string of the molecule is O=C(O)C12CC(c3ccc(F)cc3F)(C1)C2. The molecule has 0 heterocycles. The van der Waals surface area contributed by atoms with Crippen LogP contribution in [-0.2, 0) is 10.2 Å². The van der Waals surface area contributed by atoms with Crippen molar-refractivity contribution in [3.63, 3.8) is 0 Å². The van der Waals surface area contributed by atoms with Gasteiger partial charge in [0.2, 0.25) is 0 Å². The predicted octanol–water partition coefficient (Wildman–Crippen LogP) is 2.47. The molecule has 3 fully saturated rings. The van der Waals surface area contributed by atoms with Gasteiger partial charge in [-0.15, -0.1) is 0 Å².